The molecule has 1 unspecified atom stereocenters. The standard InChI is InChI=1S/C28H34N2O5/c1-27(2)14-16-30(23(27)24(31)32)25(33)28(3,4)13-15-29-26(34)35-17-22-20-11-7-5-9-18(20)19-10-6-8-12-21(19)22/h5-12,22-23H,13-17H2,1-4H3,(H,29,34)(H,31,32). The molecule has 2 N–H and O–H groups in total. The molecule has 1 heterocycles. The van der Waals surface area contributed by atoms with Crippen LogP contribution in [0.3, 0.4) is 0 Å². The monoisotopic (exact) mass is 478 g/mol. The summed E-state index contributed by atoms with van der Waals surface area (Å²) >= 11 is 0. The largest absolute Gasteiger partial charge is 0.480 e. The van der Waals surface area contributed by atoms with Crippen LogP contribution in [0.4, 0.5) is 4.79 Å². The van der Waals surface area contributed by atoms with E-state index >= 15 is 0 Å². The molecule has 1 fully saturated rings. The van der Waals surface area contributed by atoms with E-state index in [4.69, 9.17) is 4.74 Å². The molecule has 7 nitrogen and oxygen atoms in total. The number of rotatable bonds is 7. The van der Waals surface area contributed by atoms with Crippen LogP contribution in [-0.2, 0) is 14.3 Å². The molecule has 1 atom stereocenters. The van der Waals surface area contributed by atoms with Crippen LogP contribution in [0.25, 0.3) is 11.1 Å². The average molecular weight is 479 g/mol. The number of carbonyl (C=O) groups is 3. The summed E-state index contributed by atoms with van der Waals surface area (Å²) in [4.78, 5) is 39.0. The molecule has 2 amide bonds. The highest BCUT2D eigenvalue weighted by Gasteiger charge is 2.49. The van der Waals surface area contributed by atoms with Crippen molar-refractivity contribution in [3.05, 3.63) is 59.7 Å². The van der Waals surface area contributed by atoms with Crippen molar-refractivity contribution in [2.45, 2.75) is 52.5 Å². The molecule has 1 saturated heterocycles. The molecule has 2 aromatic rings. The van der Waals surface area contributed by atoms with E-state index in [9.17, 15) is 19.5 Å². The summed E-state index contributed by atoms with van der Waals surface area (Å²) in [5, 5.41) is 12.4. The van der Waals surface area contributed by atoms with Crippen LogP contribution in [0.5, 0.6) is 0 Å². The minimum absolute atomic E-state index is 0.0161. The summed E-state index contributed by atoms with van der Waals surface area (Å²) < 4.78 is 5.57. The lowest BCUT2D eigenvalue weighted by atomic mass is 9.83. The van der Waals surface area contributed by atoms with Gasteiger partial charge in [-0.15, -0.1) is 0 Å². The molecule has 7 heteroatoms. The number of hydrogen-bond acceptors (Lipinski definition) is 4. The van der Waals surface area contributed by atoms with Gasteiger partial charge in [-0.25, -0.2) is 9.59 Å². The van der Waals surface area contributed by atoms with E-state index in [0.717, 1.165) is 11.1 Å². The Morgan fingerprint density at radius 3 is 2.20 bits per heavy atom. The van der Waals surface area contributed by atoms with Gasteiger partial charge in [0.05, 0.1) is 0 Å². The van der Waals surface area contributed by atoms with Gasteiger partial charge in [-0.2, -0.15) is 0 Å². The van der Waals surface area contributed by atoms with Crippen LogP contribution < -0.4 is 5.32 Å². The van der Waals surface area contributed by atoms with Gasteiger partial charge in [0, 0.05) is 24.4 Å². The van der Waals surface area contributed by atoms with Crippen LogP contribution in [0.1, 0.15) is 57.6 Å². The second-order valence-electron chi connectivity index (χ2n) is 10.9. The van der Waals surface area contributed by atoms with E-state index in [1.807, 2.05) is 38.1 Å². The van der Waals surface area contributed by atoms with Gasteiger partial charge in [0.1, 0.15) is 12.6 Å². The third kappa shape index (κ3) is 4.77. The molecule has 2 aromatic carbocycles. The minimum Gasteiger partial charge on any atom is -0.480 e. The van der Waals surface area contributed by atoms with Crippen molar-refractivity contribution in [1.29, 1.82) is 0 Å². The van der Waals surface area contributed by atoms with E-state index < -0.39 is 28.9 Å². The Hall–Kier alpha value is -3.35. The number of carboxylic acid groups (broad SMARTS) is 1. The normalized spacial score (nSPS) is 18.6. The Kier molecular flexibility index (Phi) is 6.62. The van der Waals surface area contributed by atoms with Gasteiger partial charge >= 0.3 is 12.1 Å². The molecule has 4 rings (SSSR count). The van der Waals surface area contributed by atoms with Crippen LogP contribution in [-0.4, -0.2) is 53.7 Å². The number of hydrogen-bond donors (Lipinski definition) is 2. The number of fused-ring (bicyclic) bond motifs is 3. The minimum atomic E-state index is -0.978. The van der Waals surface area contributed by atoms with Crippen molar-refractivity contribution in [1.82, 2.24) is 10.2 Å². The molecular formula is C28H34N2O5. The number of carboxylic acids is 1. The molecule has 0 bridgehead atoms. The van der Waals surface area contributed by atoms with Gasteiger partial charge in [-0.05, 0) is 40.5 Å². The number of nitrogens with one attached hydrogen (secondary N) is 1. The third-order valence-electron chi connectivity index (χ3n) is 7.49. The molecule has 0 radical (unpaired) electrons. The summed E-state index contributed by atoms with van der Waals surface area (Å²) in [6.45, 7) is 8.25. The average Bonchev–Trinajstić information content (AvgIpc) is 3.31. The fraction of sp³-hybridized carbons (Fsp3) is 0.464. The Labute approximate surface area is 206 Å². The number of aliphatic carboxylic acids is 1. The molecule has 1 aliphatic carbocycles. The number of benzene rings is 2. The zero-order valence-corrected chi connectivity index (χ0v) is 20.8. The van der Waals surface area contributed by atoms with Crippen molar-refractivity contribution in [2.24, 2.45) is 10.8 Å². The molecule has 1 aliphatic heterocycles. The van der Waals surface area contributed by atoms with E-state index in [0.29, 0.717) is 19.4 Å². The summed E-state index contributed by atoms with van der Waals surface area (Å²) in [7, 11) is 0. The number of amides is 2. The summed E-state index contributed by atoms with van der Waals surface area (Å²) in [6, 6.07) is 15.5. The number of carbonyl (C=O) groups excluding carboxylic acids is 2. The van der Waals surface area contributed by atoms with Gasteiger partial charge in [-0.3, -0.25) is 4.79 Å². The van der Waals surface area contributed by atoms with Gasteiger partial charge in [0.15, 0.2) is 0 Å². The molecule has 0 aromatic heterocycles. The first-order valence-corrected chi connectivity index (χ1v) is 12.2. The maximum Gasteiger partial charge on any atom is 0.407 e. The molecular weight excluding hydrogens is 444 g/mol. The highest BCUT2D eigenvalue weighted by molar-refractivity contribution is 5.88. The van der Waals surface area contributed by atoms with E-state index in [1.54, 1.807) is 13.8 Å². The first-order valence-electron chi connectivity index (χ1n) is 12.2. The number of alkyl carbamates (subject to hydrolysis) is 1. The zero-order valence-electron chi connectivity index (χ0n) is 20.8. The van der Waals surface area contributed by atoms with E-state index in [1.165, 1.54) is 16.0 Å². The fourth-order valence-corrected chi connectivity index (χ4v) is 5.40. The molecule has 0 spiro atoms. The lowest BCUT2D eigenvalue weighted by Gasteiger charge is -2.34. The van der Waals surface area contributed by atoms with E-state index in [-0.39, 0.29) is 25.0 Å². The van der Waals surface area contributed by atoms with Crippen molar-refractivity contribution in [2.75, 3.05) is 19.7 Å². The van der Waals surface area contributed by atoms with Gasteiger partial charge in [-0.1, -0.05) is 76.2 Å². The predicted molar refractivity (Wildman–Crippen MR) is 133 cm³/mol. The lowest BCUT2D eigenvalue weighted by molar-refractivity contribution is -0.155. The Balaban J connectivity index is 1.31. The zero-order chi connectivity index (χ0) is 25.4. The first-order chi connectivity index (χ1) is 16.5. The van der Waals surface area contributed by atoms with Gasteiger partial charge < -0.3 is 20.1 Å². The Morgan fingerprint density at radius 1 is 1.06 bits per heavy atom. The van der Waals surface area contributed by atoms with Crippen LogP contribution in [0.15, 0.2) is 48.5 Å². The van der Waals surface area contributed by atoms with E-state index in [2.05, 4.69) is 29.6 Å². The second kappa shape index (κ2) is 9.36. The topological polar surface area (TPSA) is 95.9 Å². The van der Waals surface area contributed by atoms with Crippen molar-refractivity contribution >= 4 is 18.0 Å². The molecule has 0 saturated carbocycles. The van der Waals surface area contributed by atoms with Crippen molar-refractivity contribution in [3.63, 3.8) is 0 Å². The lowest BCUT2D eigenvalue weighted by Crippen LogP contribution is -2.50. The Morgan fingerprint density at radius 2 is 1.63 bits per heavy atom. The molecule has 2 aliphatic rings. The van der Waals surface area contributed by atoms with Crippen molar-refractivity contribution in [3.8, 4) is 11.1 Å². The van der Waals surface area contributed by atoms with Crippen LogP contribution in [0, 0.1) is 10.8 Å². The smallest absolute Gasteiger partial charge is 0.407 e. The number of nitrogens with zero attached hydrogens (tertiary/aromatic N) is 1. The summed E-state index contributed by atoms with van der Waals surface area (Å²) in [5.74, 6) is -1.20. The molecule has 35 heavy (non-hydrogen) atoms. The predicted octanol–water partition coefficient (Wildman–Crippen LogP) is 4.65. The number of likely N-dealkylation sites (tertiary alicyclic amines) is 1. The van der Waals surface area contributed by atoms with Crippen LogP contribution in [0.2, 0.25) is 0 Å². The number of ether oxygens (including phenoxy) is 1. The van der Waals surface area contributed by atoms with Gasteiger partial charge in [0.2, 0.25) is 5.91 Å². The van der Waals surface area contributed by atoms with Crippen LogP contribution >= 0.6 is 0 Å². The SMILES string of the molecule is CC(C)(CCNC(=O)OCC1c2ccccc2-c2ccccc21)C(=O)N1CCC(C)(C)C1C(=O)O. The Bertz CT molecular complexity index is 1090. The maximum absolute atomic E-state index is 13.2. The maximum atomic E-state index is 13.2. The quantitative estimate of drug-likeness (QED) is 0.604. The highest BCUT2D eigenvalue weighted by Crippen LogP contribution is 2.44. The summed E-state index contributed by atoms with van der Waals surface area (Å²) in [5.41, 5.74) is 3.34. The molecule has 186 valence electrons. The summed E-state index contributed by atoms with van der Waals surface area (Å²) in [6.07, 6.45) is 0.490. The highest BCUT2D eigenvalue weighted by atomic mass is 16.5. The second-order valence-corrected chi connectivity index (χ2v) is 10.9. The third-order valence-corrected chi connectivity index (χ3v) is 7.49. The van der Waals surface area contributed by atoms with Crippen molar-refractivity contribution < 1.29 is 24.2 Å². The van der Waals surface area contributed by atoms with Gasteiger partial charge in [0.25, 0.3) is 0 Å². The fourth-order valence-electron chi connectivity index (χ4n) is 5.40. The first kappa shape index (κ1) is 24.8.